The minimum absolute atomic E-state index is 0.411. The fraction of sp³-hybridized carbons (Fsp3) is 0.647. The van der Waals surface area contributed by atoms with Crippen molar-refractivity contribution >= 4 is 22.6 Å². The van der Waals surface area contributed by atoms with Gasteiger partial charge in [-0.15, -0.1) is 0 Å². The second kappa shape index (κ2) is 6.32. The van der Waals surface area contributed by atoms with Crippen LogP contribution >= 0.6 is 22.6 Å². The summed E-state index contributed by atoms with van der Waals surface area (Å²) in [6.45, 7) is 5.90. The largest absolute Gasteiger partial charge is 0.310 e. The van der Waals surface area contributed by atoms with Gasteiger partial charge in [0.15, 0.2) is 0 Å². The van der Waals surface area contributed by atoms with Crippen LogP contribution in [0.2, 0.25) is 0 Å². The molecule has 2 aliphatic rings. The number of halogens is 1. The van der Waals surface area contributed by atoms with E-state index in [1.165, 1.54) is 54.3 Å². The standard InChI is InChI=1S/C17H25IN2/c1-14-8-11-19-17(9-2-3-10-17)13-20(14)12-15-4-6-16(18)7-5-15/h4-7,14,19H,2-3,8-13H2,1H3. The lowest BCUT2D eigenvalue weighted by Crippen LogP contribution is -2.49. The first-order valence-electron chi connectivity index (χ1n) is 7.90. The van der Waals surface area contributed by atoms with Gasteiger partial charge in [-0.2, -0.15) is 0 Å². The second-order valence-electron chi connectivity index (χ2n) is 6.58. The van der Waals surface area contributed by atoms with Crippen molar-refractivity contribution < 1.29 is 0 Å². The summed E-state index contributed by atoms with van der Waals surface area (Å²) in [5.41, 5.74) is 1.86. The van der Waals surface area contributed by atoms with Crippen LogP contribution in [0.4, 0.5) is 0 Å². The number of rotatable bonds is 2. The molecular weight excluding hydrogens is 359 g/mol. The van der Waals surface area contributed by atoms with Crippen molar-refractivity contribution in [1.82, 2.24) is 10.2 Å². The monoisotopic (exact) mass is 384 g/mol. The van der Waals surface area contributed by atoms with E-state index in [1.807, 2.05) is 0 Å². The van der Waals surface area contributed by atoms with Crippen LogP contribution in [-0.4, -0.2) is 29.6 Å². The first-order chi connectivity index (χ1) is 9.67. The zero-order valence-electron chi connectivity index (χ0n) is 12.4. The summed E-state index contributed by atoms with van der Waals surface area (Å²) < 4.78 is 1.32. The number of hydrogen-bond acceptors (Lipinski definition) is 2. The molecule has 1 saturated carbocycles. The summed E-state index contributed by atoms with van der Waals surface area (Å²) >= 11 is 2.38. The third-order valence-corrected chi connectivity index (χ3v) is 5.77. The van der Waals surface area contributed by atoms with Gasteiger partial charge in [0.25, 0.3) is 0 Å². The Bertz CT molecular complexity index is 437. The van der Waals surface area contributed by atoms with Crippen molar-refractivity contribution in [2.75, 3.05) is 13.1 Å². The van der Waals surface area contributed by atoms with Gasteiger partial charge >= 0.3 is 0 Å². The Morgan fingerprint density at radius 3 is 2.65 bits per heavy atom. The maximum Gasteiger partial charge on any atom is 0.0309 e. The molecule has 1 aromatic rings. The molecule has 110 valence electrons. The van der Waals surface area contributed by atoms with Crippen LogP contribution in [0.1, 0.15) is 44.6 Å². The summed E-state index contributed by atoms with van der Waals surface area (Å²) in [7, 11) is 0. The van der Waals surface area contributed by atoms with Crippen LogP contribution in [0.15, 0.2) is 24.3 Å². The minimum atomic E-state index is 0.411. The van der Waals surface area contributed by atoms with Gasteiger partial charge in [0, 0.05) is 28.2 Å². The summed E-state index contributed by atoms with van der Waals surface area (Å²) in [6.07, 6.45) is 6.80. The molecular formula is C17H25IN2. The van der Waals surface area contributed by atoms with Crippen molar-refractivity contribution in [2.24, 2.45) is 0 Å². The maximum absolute atomic E-state index is 3.87. The normalized spacial score (nSPS) is 26.8. The van der Waals surface area contributed by atoms with Crippen LogP contribution in [0.5, 0.6) is 0 Å². The lowest BCUT2D eigenvalue weighted by molar-refractivity contribution is 0.160. The summed E-state index contributed by atoms with van der Waals surface area (Å²) in [4.78, 5) is 2.70. The first-order valence-corrected chi connectivity index (χ1v) is 8.98. The van der Waals surface area contributed by atoms with Crippen LogP contribution in [0.3, 0.4) is 0 Å². The summed E-state index contributed by atoms with van der Waals surface area (Å²) in [5.74, 6) is 0. The minimum Gasteiger partial charge on any atom is -0.310 e. The van der Waals surface area contributed by atoms with Crippen LogP contribution < -0.4 is 5.32 Å². The van der Waals surface area contributed by atoms with E-state index < -0.39 is 0 Å². The van der Waals surface area contributed by atoms with Crippen molar-refractivity contribution in [1.29, 1.82) is 0 Å². The van der Waals surface area contributed by atoms with E-state index in [9.17, 15) is 0 Å². The molecule has 3 rings (SSSR count). The van der Waals surface area contributed by atoms with Gasteiger partial charge in [-0.05, 0) is 73.0 Å². The molecule has 0 amide bonds. The van der Waals surface area contributed by atoms with Crippen molar-refractivity contribution in [3.8, 4) is 0 Å². The highest BCUT2D eigenvalue weighted by Crippen LogP contribution is 2.33. The van der Waals surface area contributed by atoms with Gasteiger partial charge in [-0.3, -0.25) is 4.90 Å². The zero-order valence-corrected chi connectivity index (χ0v) is 14.5. The smallest absolute Gasteiger partial charge is 0.0309 e. The zero-order chi connectivity index (χ0) is 14.0. The van der Waals surface area contributed by atoms with Gasteiger partial charge in [0.05, 0.1) is 0 Å². The van der Waals surface area contributed by atoms with Gasteiger partial charge in [0.2, 0.25) is 0 Å². The molecule has 1 heterocycles. The van der Waals surface area contributed by atoms with E-state index in [4.69, 9.17) is 0 Å². The third-order valence-electron chi connectivity index (χ3n) is 5.05. The lowest BCUT2D eigenvalue weighted by Gasteiger charge is -2.35. The molecule has 2 fully saturated rings. The molecule has 3 heteroatoms. The van der Waals surface area contributed by atoms with E-state index in [2.05, 4.69) is 64.0 Å². The van der Waals surface area contributed by atoms with E-state index >= 15 is 0 Å². The number of benzene rings is 1. The lowest BCUT2D eigenvalue weighted by atomic mass is 9.96. The van der Waals surface area contributed by atoms with Crippen LogP contribution in [-0.2, 0) is 6.54 Å². The molecule has 1 spiro atoms. The van der Waals surface area contributed by atoms with E-state index in [0.717, 1.165) is 6.54 Å². The second-order valence-corrected chi connectivity index (χ2v) is 7.83. The molecule has 1 N–H and O–H groups in total. The molecule has 1 unspecified atom stereocenters. The first kappa shape index (κ1) is 14.8. The van der Waals surface area contributed by atoms with Crippen molar-refractivity contribution in [3.05, 3.63) is 33.4 Å². The predicted octanol–water partition coefficient (Wildman–Crippen LogP) is 3.79. The highest BCUT2D eigenvalue weighted by atomic mass is 127. The quantitative estimate of drug-likeness (QED) is 0.781. The highest BCUT2D eigenvalue weighted by molar-refractivity contribution is 14.1. The van der Waals surface area contributed by atoms with Crippen LogP contribution in [0, 0.1) is 3.57 Å². The van der Waals surface area contributed by atoms with Gasteiger partial charge in [-0.1, -0.05) is 25.0 Å². The van der Waals surface area contributed by atoms with Gasteiger partial charge < -0.3 is 5.32 Å². The molecule has 1 saturated heterocycles. The van der Waals surface area contributed by atoms with Crippen LogP contribution in [0.25, 0.3) is 0 Å². The highest BCUT2D eigenvalue weighted by Gasteiger charge is 2.37. The van der Waals surface area contributed by atoms with Crippen molar-refractivity contribution in [2.45, 2.75) is 57.2 Å². The Balaban J connectivity index is 1.73. The summed E-state index contributed by atoms with van der Waals surface area (Å²) in [6, 6.07) is 9.70. The molecule has 1 aliphatic heterocycles. The molecule has 0 bridgehead atoms. The predicted molar refractivity (Wildman–Crippen MR) is 92.8 cm³/mol. The average Bonchev–Trinajstić information content (AvgIpc) is 2.83. The average molecular weight is 384 g/mol. The van der Waals surface area contributed by atoms with E-state index in [0.29, 0.717) is 11.6 Å². The number of hydrogen-bond donors (Lipinski definition) is 1. The fourth-order valence-electron chi connectivity index (χ4n) is 3.75. The molecule has 1 aromatic carbocycles. The van der Waals surface area contributed by atoms with E-state index in [1.54, 1.807) is 0 Å². The molecule has 0 aromatic heterocycles. The van der Waals surface area contributed by atoms with Gasteiger partial charge in [0.1, 0.15) is 0 Å². The Hall–Kier alpha value is -0.130. The van der Waals surface area contributed by atoms with E-state index in [-0.39, 0.29) is 0 Å². The Morgan fingerprint density at radius 1 is 1.25 bits per heavy atom. The fourth-order valence-corrected chi connectivity index (χ4v) is 4.11. The Kier molecular flexibility index (Phi) is 4.68. The topological polar surface area (TPSA) is 15.3 Å². The van der Waals surface area contributed by atoms with Gasteiger partial charge in [-0.25, -0.2) is 0 Å². The van der Waals surface area contributed by atoms with Crippen molar-refractivity contribution in [3.63, 3.8) is 0 Å². The molecule has 0 radical (unpaired) electrons. The number of nitrogens with one attached hydrogen (secondary N) is 1. The summed E-state index contributed by atoms with van der Waals surface area (Å²) in [5, 5.41) is 3.87. The number of nitrogens with zero attached hydrogens (tertiary/aromatic N) is 1. The molecule has 20 heavy (non-hydrogen) atoms. The SMILES string of the molecule is CC1CCNC2(CCCC2)CN1Cc1ccc(I)cc1. The molecule has 1 atom stereocenters. The molecule has 1 aliphatic carbocycles. The maximum atomic E-state index is 3.87. The Labute approximate surface area is 136 Å². The Morgan fingerprint density at radius 2 is 1.95 bits per heavy atom. The third kappa shape index (κ3) is 3.37. The molecule has 2 nitrogen and oxygen atoms in total.